The Kier molecular flexibility index (Phi) is 5.52. The van der Waals surface area contributed by atoms with Crippen LogP contribution in [0.3, 0.4) is 0 Å². The SMILES string of the molecule is CCOc1ccc(-c2nc(COC(=O)c3cnn(C)c3)cs2)cc1OC. The van der Waals surface area contributed by atoms with Gasteiger partial charge in [-0.15, -0.1) is 11.3 Å². The quantitative estimate of drug-likeness (QED) is 0.592. The summed E-state index contributed by atoms with van der Waals surface area (Å²) in [6.07, 6.45) is 3.09. The summed E-state index contributed by atoms with van der Waals surface area (Å²) in [4.78, 5) is 16.5. The van der Waals surface area contributed by atoms with Crippen LogP contribution in [0, 0.1) is 0 Å². The first-order chi connectivity index (χ1) is 12.6. The molecular formula is C18H19N3O4S. The summed E-state index contributed by atoms with van der Waals surface area (Å²) >= 11 is 1.48. The van der Waals surface area contributed by atoms with E-state index in [1.165, 1.54) is 17.5 Å². The Balaban J connectivity index is 1.68. The molecule has 0 aliphatic carbocycles. The summed E-state index contributed by atoms with van der Waals surface area (Å²) in [6, 6.07) is 5.67. The minimum atomic E-state index is -0.421. The van der Waals surface area contributed by atoms with E-state index in [1.54, 1.807) is 25.0 Å². The average Bonchev–Trinajstić information content (AvgIpc) is 3.29. The van der Waals surface area contributed by atoms with Gasteiger partial charge in [0.25, 0.3) is 0 Å². The predicted octanol–water partition coefficient (Wildman–Crippen LogP) is 3.31. The van der Waals surface area contributed by atoms with Crippen molar-refractivity contribution < 1.29 is 19.0 Å². The Morgan fingerprint density at radius 2 is 2.15 bits per heavy atom. The lowest BCUT2D eigenvalue weighted by Crippen LogP contribution is -2.04. The molecule has 0 radical (unpaired) electrons. The Hall–Kier alpha value is -2.87. The normalized spacial score (nSPS) is 10.6. The number of ether oxygens (including phenoxy) is 3. The van der Waals surface area contributed by atoms with Gasteiger partial charge in [0.1, 0.15) is 11.6 Å². The molecule has 7 nitrogen and oxygen atoms in total. The first-order valence-electron chi connectivity index (χ1n) is 8.02. The first kappa shape index (κ1) is 17.9. The highest BCUT2D eigenvalue weighted by molar-refractivity contribution is 7.13. The van der Waals surface area contributed by atoms with Crippen LogP contribution in [0.1, 0.15) is 23.0 Å². The van der Waals surface area contributed by atoms with E-state index >= 15 is 0 Å². The number of esters is 1. The number of thiazole rings is 1. The molecule has 3 aromatic rings. The number of nitrogens with zero attached hydrogens (tertiary/aromatic N) is 3. The monoisotopic (exact) mass is 373 g/mol. The molecule has 8 heteroatoms. The lowest BCUT2D eigenvalue weighted by molar-refractivity contribution is 0.0468. The maximum absolute atomic E-state index is 12.0. The molecule has 2 aromatic heterocycles. The van der Waals surface area contributed by atoms with Crippen molar-refractivity contribution >= 4 is 17.3 Å². The van der Waals surface area contributed by atoms with Gasteiger partial charge in [0.15, 0.2) is 11.5 Å². The molecule has 0 saturated heterocycles. The molecule has 136 valence electrons. The van der Waals surface area contributed by atoms with Gasteiger partial charge in [0.2, 0.25) is 0 Å². The molecule has 0 saturated carbocycles. The smallest absolute Gasteiger partial charge is 0.341 e. The standard InChI is InChI=1S/C18H19N3O4S/c1-4-24-15-6-5-12(7-16(15)23-3)17-20-14(11-26-17)10-25-18(22)13-8-19-21(2)9-13/h5-9,11H,4,10H2,1-3H3. The van der Waals surface area contributed by atoms with Crippen molar-refractivity contribution in [1.29, 1.82) is 0 Å². The van der Waals surface area contributed by atoms with Crippen LogP contribution < -0.4 is 9.47 Å². The lowest BCUT2D eigenvalue weighted by atomic mass is 10.2. The second kappa shape index (κ2) is 8.01. The van der Waals surface area contributed by atoms with Crippen molar-refractivity contribution in [3.63, 3.8) is 0 Å². The molecule has 0 atom stereocenters. The molecule has 1 aromatic carbocycles. The van der Waals surface area contributed by atoms with E-state index in [2.05, 4.69) is 10.1 Å². The van der Waals surface area contributed by atoms with E-state index in [0.717, 1.165) is 10.6 Å². The Labute approximate surface area is 155 Å². The Morgan fingerprint density at radius 3 is 2.85 bits per heavy atom. The molecule has 3 rings (SSSR count). The van der Waals surface area contributed by atoms with Crippen LogP contribution in [-0.2, 0) is 18.4 Å². The summed E-state index contributed by atoms with van der Waals surface area (Å²) in [5, 5.41) is 6.64. The number of benzene rings is 1. The van der Waals surface area contributed by atoms with Crippen LogP contribution in [0.15, 0.2) is 36.0 Å². The van der Waals surface area contributed by atoms with Crippen LogP contribution in [0.4, 0.5) is 0 Å². The molecule has 0 unspecified atom stereocenters. The van der Waals surface area contributed by atoms with Crippen LogP contribution in [0.5, 0.6) is 11.5 Å². The fourth-order valence-corrected chi connectivity index (χ4v) is 3.13. The Bertz CT molecular complexity index is 903. The molecule has 0 aliphatic rings. The zero-order chi connectivity index (χ0) is 18.5. The summed E-state index contributed by atoms with van der Waals surface area (Å²) < 4.78 is 17.7. The first-order valence-corrected chi connectivity index (χ1v) is 8.90. The van der Waals surface area contributed by atoms with Crippen molar-refractivity contribution in [2.75, 3.05) is 13.7 Å². The summed E-state index contributed by atoms with van der Waals surface area (Å²) in [5.74, 6) is 0.931. The van der Waals surface area contributed by atoms with E-state index in [0.29, 0.717) is 29.4 Å². The molecule has 26 heavy (non-hydrogen) atoms. The van der Waals surface area contributed by atoms with Crippen molar-refractivity contribution in [2.24, 2.45) is 7.05 Å². The predicted molar refractivity (Wildman–Crippen MR) is 97.6 cm³/mol. The maximum atomic E-state index is 12.0. The number of aromatic nitrogens is 3. The lowest BCUT2D eigenvalue weighted by Gasteiger charge is -2.09. The van der Waals surface area contributed by atoms with Gasteiger partial charge in [0, 0.05) is 24.2 Å². The van der Waals surface area contributed by atoms with E-state index < -0.39 is 5.97 Å². The van der Waals surface area contributed by atoms with Crippen molar-refractivity contribution in [1.82, 2.24) is 14.8 Å². The van der Waals surface area contributed by atoms with Crippen molar-refractivity contribution in [2.45, 2.75) is 13.5 Å². The number of aryl methyl sites for hydroxylation is 1. The molecule has 0 N–H and O–H groups in total. The highest BCUT2D eigenvalue weighted by Crippen LogP contribution is 2.33. The summed E-state index contributed by atoms with van der Waals surface area (Å²) in [7, 11) is 3.35. The van der Waals surface area contributed by atoms with Gasteiger partial charge in [-0.25, -0.2) is 9.78 Å². The van der Waals surface area contributed by atoms with E-state index in [9.17, 15) is 4.79 Å². The fraction of sp³-hybridized carbons (Fsp3) is 0.278. The molecular weight excluding hydrogens is 354 g/mol. The highest BCUT2D eigenvalue weighted by Gasteiger charge is 2.13. The fourth-order valence-electron chi connectivity index (χ4n) is 2.33. The number of rotatable bonds is 7. The van der Waals surface area contributed by atoms with E-state index in [1.807, 2.05) is 30.5 Å². The van der Waals surface area contributed by atoms with Gasteiger partial charge in [-0.1, -0.05) is 0 Å². The minimum Gasteiger partial charge on any atom is -0.493 e. The maximum Gasteiger partial charge on any atom is 0.341 e. The molecule has 0 amide bonds. The van der Waals surface area contributed by atoms with E-state index in [-0.39, 0.29) is 6.61 Å². The second-order valence-corrected chi connectivity index (χ2v) is 6.28. The summed E-state index contributed by atoms with van der Waals surface area (Å²) in [5.41, 5.74) is 2.02. The van der Waals surface area contributed by atoms with Gasteiger partial charge in [0.05, 0.1) is 31.2 Å². The third-order valence-corrected chi connectivity index (χ3v) is 4.49. The zero-order valence-corrected chi connectivity index (χ0v) is 15.6. The zero-order valence-electron chi connectivity index (χ0n) is 14.8. The minimum absolute atomic E-state index is 0.110. The number of carbonyl (C=O) groups is 1. The third kappa shape index (κ3) is 4.02. The van der Waals surface area contributed by atoms with Gasteiger partial charge < -0.3 is 14.2 Å². The number of hydrogen-bond donors (Lipinski definition) is 0. The number of carbonyl (C=O) groups excluding carboxylic acids is 1. The van der Waals surface area contributed by atoms with Crippen LogP contribution in [-0.4, -0.2) is 34.5 Å². The third-order valence-electron chi connectivity index (χ3n) is 3.55. The topological polar surface area (TPSA) is 75.5 Å². The van der Waals surface area contributed by atoms with E-state index in [4.69, 9.17) is 14.2 Å². The number of hydrogen-bond acceptors (Lipinski definition) is 7. The highest BCUT2D eigenvalue weighted by atomic mass is 32.1. The average molecular weight is 373 g/mol. The van der Waals surface area contributed by atoms with Crippen molar-refractivity contribution in [3.05, 3.63) is 47.2 Å². The number of methoxy groups -OCH3 is 1. The molecule has 0 bridgehead atoms. The second-order valence-electron chi connectivity index (χ2n) is 5.42. The van der Waals surface area contributed by atoms with Crippen LogP contribution in [0.25, 0.3) is 10.6 Å². The van der Waals surface area contributed by atoms with Crippen LogP contribution in [0.2, 0.25) is 0 Å². The van der Waals surface area contributed by atoms with Gasteiger partial charge in [-0.05, 0) is 25.1 Å². The van der Waals surface area contributed by atoms with Gasteiger partial charge in [-0.3, -0.25) is 4.68 Å². The Morgan fingerprint density at radius 1 is 1.31 bits per heavy atom. The molecule has 0 aliphatic heterocycles. The van der Waals surface area contributed by atoms with Crippen molar-refractivity contribution in [3.8, 4) is 22.1 Å². The molecule has 2 heterocycles. The van der Waals surface area contributed by atoms with Gasteiger partial charge >= 0.3 is 5.97 Å². The summed E-state index contributed by atoms with van der Waals surface area (Å²) in [6.45, 7) is 2.60. The largest absolute Gasteiger partial charge is 0.493 e. The molecule has 0 spiro atoms. The van der Waals surface area contributed by atoms with Crippen LogP contribution >= 0.6 is 11.3 Å². The van der Waals surface area contributed by atoms with Gasteiger partial charge in [-0.2, -0.15) is 5.10 Å². The molecule has 0 fully saturated rings.